The highest BCUT2D eigenvalue weighted by Gasteiger charge is 2.20. The molecule has 0 aliphatic rings. The van der Waals surface area contributed by atoms with Crippen molar-refractivity contribution >= 4 is 27.3 Å². The zero-order chi connectivity index (χ0) is 26.3. The summed E-state index contributed by atoms with van der Waals surface area (Å²) in [6.45, 7) is 1.64. The van der Waals surface area contributed by atoms with Crippen molar-refractivity contribution in [1.82, 2.24) is 4.83 Å². The van der Waals surface area contributed by atoms with Gasteiger partial charge in [0, 0.05) is 17.3 Å². The van der Waals surface area contributed by atoms with E-state index in [4.69, 9.17) is 18.9 Å². The van der Waals surface area contributed by atoms with Gasteiger partial charge in [0.1, 0.15) is 16.4 Å². The number of nitrogens with zero attached hydrogens (tertiary/aromatic N) is 1. The molecule has 0 bridgehead atoms. The molecule has 3 aromatic rings. The molecule has 0 aliphatic carbocycles. The molecular formula is C25H27N3O7S. The number of benzene rings is 3. The maximum atomic E-state index is 12.8. The molecule has 11 heteroatoms. The minimum absolute atomic E-state index is 0.0849. The highest BCUT2D eigenvalue weighted by molar-refractivity contribution is 7.89. The van der Waals surface area contributed by atoms with Crippen LogP contribution in [0.15, 0.2) is 70.7 Å². The lowest BCUT2D eigenvalue weighted by Gasteiger charge is -2.12. The van der Waals surface area contributed by atoms with Crippen LogP contribution in [0.2, 0.25) is 0 Å². The molecule has 2 N–H and O–H groups in total. The Morgan fingerprint density at radius 3 is 2.17 bits per heavy atom. The number of nitrogens with one attached hydrogen (secondary N) is 2. The lowest BCUT2D eigenvalue weighted by Crippen LogP contribution is -2.20. The van der Waals surface area contributed by atoms with Crippen molar-refractivity contribution in [1.29, 1.82) is 0 Å². The summed E-state index contributed by atoms with van der Waals surface area (Å²) in [5.74, 6) is 1.17. The fraction of sp³-hybridized carbons (Fsp3) is 0.200. The second-order valence-corrected chi connectivity index (χ2v) is 9.04. The predicted molar refractivity (Wildman–Crippen MR) is 136 cm³/mol. The van der Waals surface area contributed by atoms with Gasteiger partial charge in [-0.1, -0.05) is 12.1 Å². The first kappa shape index (κ1) is 26.4. The van der Waals surface area contributed by atoms with Crippen LogP contribution in [-0.4, -0.2) is 48.5 Å². The third kappa shape index (κ3) is 6.05. The van der Waals surface area contributed by atoms with Gasteiger partial charge < -0.3 is 24.3 Å². The van der Waals surface area contributed by atoms with Crippen LogP contribution in [0.4, 0.5) is 5.69 Å². The number of ether oxygens (including phenoxy) is 4. The number of carbonyl (C=O) groups is 1. The van der Waals surface area contributed by atoms with Crippen molar-refractivity contribution in [2.45, 2.75) is 11.8 Å². The van der Waals surface area contributed by atoms with Gasteiger partial charge in [-0.2, -0.15) is 18.4 Å². The van der Waals surface area contributed by atoms with E-state index in [-0.39, 0.29) is 16.6 Å². The summed E-state index contributed by atoms with van der Waals surface area (Å²) in [6.07, 6.45) is 0. The van der Waals surface area contributed by atoms with Gasteiger partial charge >= 0.3 is 0 Å². The molecule has 0 fully saturated rings. The van der Waals surface area contributed by atoms with E-state index in [1.807, 2.05) is 0 Å². The third-order valence-electron chi connectivity index (χ3n) is 5.18. The van der Waals surface area contributed by atoms with Gasteiger partial charge in [0.15, 0.2) is 11.5 Å². The summed E-state index contributed by atoms with van der Waals surface area (Å²) in [4.78, 5) is 14.9. The molecule has 3 aromatic carbocycles. The van der Waals surface area contributed by atoms with Gasteiger partial charge in [-0.15, -0.1) is 0 Å². The van der Waals surface area contributed by atoms with E-state index in [0.717, 1.165) is 0 Å². The Labute approximate surface area is 209 Å². The molecule has 0 saturated heterocycles. The Morgan fingerprint density at radius 1 is 0.778 bits per heavy atom. The summed E-state index contributed by atoms with van der Waals surface area (Å²) in [5, 5.41) is 6.84. The van der Waals surface area contributed by atoms with E-state index >= 15 is 0 Å². The highest BCUT2D eigenvalue weighted by Crippen LogP contribution is 2.29. The van der Waals surface area contributed by atoms with Gasteiger partial charge in [-0.3, -0.25) is 4.79 Å². The first-order valence-electron chi connectivity index (χ1n) is 10.6. The number of carbonyl (C=O) groups excluding carboxylic acids is 1. The standard InChI is InChI=1S/C25H27N3O7S/c1-16(27-28-36(30,31)24-12-10-20(32-2)15-23(24)35-5)17-7-6-8-19(13-17)26-25(29)18-9-11-21(33-3)22(14-18)34-4/h6-15,28H,1-5H3,(H,26,29). The Morgan fingerprint density at radius 2 is 1.50 bits per heavy atom. The average molecular weight is 514 g/mol. The number of hydrogen-bond donors (Lipinski definition) is 2. The molecule has 0 radical (unpaired) electrons. The largest absolute Gasteiger partial charge is 0.497 e. The lowest BCUT2D eigenvalue weighted by atomic mass is 10.1. The number of methoxy groups -OCH3 is 4. The van der Waals surface area contributed by atoms with Crippen molar-refractivity contribution in [3.63, 3.8) is 0 Å². The summed E-state index contributed by atoms with van der Waals surface area (Å²) in [7, 11) is 1.82. The number of amides is 1. The maximum absolute atomic E-state index is 12.8. The van der Waals surface area contributed by atoms with E-state index < -0.39 is 10.0 Å². The molecule has 0 atom stereocenters. The molecule has 0 unspecified atom stereocenters. The molecule has 0 heterocycles. The van der Waals surface area contributed by atoms with Crippen molar-refractivity contribution in [3.05, 3.63) is 71.8 Å². The average Bonchev–Trinajstić information content (AvgIpc) is 2.90. The lowest BCUT2D eigenvalue weighted by molar-refractivity contribution is 0.102. The summed E-state index contributed by atoms with van der Waals surface area (Å²) >= 11 is 0. The normalized spacial score (nSPS) is 11.4. The Bertz CT molecular complexity index is 1390. The molecule has 1 amide bonds. The maximum Gasteiger partial charge on any atom is 0.280 e. The molecule has 10 nitrogen and oxygen atoms in total. The highest BCUT2D eigenvalue weighted by atomic mass is 32.2. The number of hydrazone groups is 1. The van der Waals surface area contributed by atoms with Gasteiger partial charge in [-0.05, 0) is 55.0 Å². The second kappa shape index (κ2) is 11.5. The summed E-state index contributed by atoms with van der Waals surface area (Å²) in [5.41, 5.74) is 1.86. The monoisotopic (exact) mass is 513 g/mol. The smallest absolute Gasteiger partial charge is 0.280 e. The van der Waals surface area contributed by atoms with Crippen LogP contribution in [0, 0.1) is 0 Å². The summed E-state index contributed by atoms with van der Waals surface area (Å²) < 4.78 is 46.3. The van der Waals surface area contributed by atoms with Gasteiger partial charge in [0.25, 0.3) is 15.9 Å². The number of hydrogen-bond acceptors (Lipinski definition) is 8. The molecule has 0 aliphatic heterocycles. The van der Waals surface area contributed by atoms with Crippen molar-refractivity contribution in [2.75, 3.05) is 33.8 Å². The predicted octanol–water partition coefficient (Wildman–Crippen LogP) is 3.68. The fourth-order valence-electron chi connectivity index (χ4n) is 3.24. The van der Waals surface area contributed by atoms with Crippen LogP contribution in [0.25, 0.3) is 0 Å². The quantitative estimate of drug-likeness (QED) is 0.313. The Balaban J connectivity index is 1.77. The van der Waals surface area contributed by atoms with Gasteiger partial charge in [0.05, 0.1) is 34.2 Å². The zero-order valence-electron chi connectivity index (χ0n) is 20.5. The third-order valence-corrected chi connectivity index (χ3v) is 6.43. The molecule has 3 rings (SSSR count). The molecule has 36 heavy (non-hydrogen) atoms. The first-order chi connectivity index (χ1) is 17.2. The second-order valence-electron chi connectivity index (χ2n) is 7.41. The molecule has 0 spiro atoms. The van der Waals surface area contributed by atoms with Crippen LogP contribution >= 0.6 is 0 Å². The van der Waals surface area contributed by atoms with Crippen LogP contribution in [0.1, 0.15) is 22.8 Å². The fourth-order valence-corrected chi connectivity index (χ4v) is 4.25. The minimum Gasteiger partial charge on any atom is -0.497 e. The molecule has 0 aromatic heterocycles. The summed E-state index contributed by atoms with van der Waals surface area (Å²) in [6, 6.07) is 16.0. The van der Waals surface area contributed by atoms with Crippen LogP contribution < -0.4 is 29.1 Å². The zero-order valence-corrected chi connectivity index (χ0v) is 21.3. The Kier molecular flexibility index (Phi) is 8.38. The molecule has 190 valence electrons. The molecular weight excluding hydrogens is 486 g/mol. The van der Waals surface area contributed by atoms with E-state index in [1.165, 1.54) is 46.6 Å². The van der Waals surface area contributed by atoms with Gasteiger partial charge in [-0.25, -0.2) is 0 Å². The van der Waals surface area contributed by atoms with Crippen LogP contribution in [0.3, 0.4) is 0 Å². The first-order valence-corrected chi connectivity index (χ1v) is 12.1. The SMILES string of the molecule is COc1ccc(S(=O)(=O)NN=C(C)c2cccc(NC(=O)c3ccc(OC)c(OC)c3)c2)c(OC)c1. The van der Waals surface area contributed by atoms with Crippen LogP contribution in [0.5, 0.6) is 23.0 Å². The number of sulfonamides is 1. The Hall–Kier alpha value is -4.25. The minimum atomic E-state index is -4.02. The van der Waals surface area contributed by atoms with Crippen molar-refractivity contribution in [2.24, 2.45) is 5.10 Å². The molecule has 0 saturated carbocycles. The van der Waals surface area contributed by atoms with E-state index in [2.05, 4.69) is 15.2 Å². The number of anilines is 1. The van der Waals surface area contributed by atoms with E-state index in [9.17, 15) is 13.2 Å². The topological polar surface area (TPSA) is 125 Å². The van der Waals surface area contributed by atoms with E-state index in [0.29, 0.717) is 39.8 Å². The van der Waals surface area contributed by atoms with Crippen molar-refractivity contribution in [3.8, 4) is 23.0 Å². The van der Waals surface area contributed by atoms with Gasteiger partial charge in [0.2, 0.25) is 0 Å². The van der Waals surface area contributed by atoms with E-state index in [1.54, 1.807) is 49.4 Å². The van der Waals surface area contributed by atoms with Crippen LogP contribution in [-0.2, 0) is 10.0 Å². The number of rotatable bonds is 10. The van der Waals surface area contributed by atoms with Crippen molar-refractivity contribution < 1.29 is 32.2 Å².